The van der Waals surface area contributed by atoms with E-state index in [0.717, 1.165) is 22.4 Å². The number of carboxylic acid groups (broad SMARTS) is 1. The van der Waals surface area contributed by atoms with Crippen LogP contribution in [0.25, 0.3) is 22.2 Å². The molecule has 34 heavy (non-hydrogen) atoms. The van der Waals surface area contributed by atoms with Gasteiger partial charge in [-0.3, -0.25) is 0 Å². The molecule has 0 amide bonds. The summed E-state index contributed by atoms with van der Waals surface area (Å²) >= 11 is 6.61. The number of aryl methyl sites for hydroxylation is 1. The number of anilines is 1. The molecule has 4 aromatic rings. The number of carboxylic acids is 1. The molecule has 1 unspecified atom stereocenters. The summed E-state index contributed by atoms with van der Waals surface area (Å²) in [6, 6.07) is 4.67. The second-order valence-electron chi connectivity index (χ2n) is 7.38. The molecular weight excluding hydrogens is 471 g/mol. The Labute approximate surface area is 222 Å². The van der Waals surface area contributed by atoms with Crippen LogP contribution >= 0.6 is 11.6 Å². The maximum Gasteiger partial charge on any atom is 1.00 e. The van der Waals surface area contributed by atoms with Gasteiger partial charge in [0.1, 0.15) is 23.6 Å². The molecule has 3 aromatic heterocycles. The number of ether oxygens (including phenoxy) is 1. The summed E-state index contributed by atoms with van der Waals surface area (Å²) in [6.45, 7) is 5.69. The smallest absolute Gasteiger partial charge is 0.870 e. The average molecular weight is 493 g/mol. The predicted octanol–water partition coefficient (Wildman–Crippen LogP) is 0.884. The maximum absolute atomic E-state index is 11.2. The molecule has 0 aliphatic rings. The zero-order chi connectivity index (χ0) is 23.2. The molecule has 0 aliphatic heterocycles. The first-order valence-electron chi connectivity index (χ1n) is 9.76. The number of pyridine rings is 1. The molecule has 4 rings (SSSR count). The maximum atomic E-state index is 11.2. The summed E-state index contributed by atoms with van der Waals surface area (Å²) in [4.78, 5) is 23.7. The number of hydrogen-bond donors (Lipinski definition) is 2. The number of hydrogen-bond acceptors (Lipinski definition) is 8. The van der Waals surface area contributed by atoms with Gasteiger partial charge < -0.3 is 21.1 Å². The van der Waals surface area contributed by atoms with Crippen molar-refractivity contribution in [1.29, 1.82) is 0 Å². The molecule has 0 saturated heterocycles. The number of rotatable bonds is 5. The SMILES string of the molecule is COc1c(C(C)n2nc(C)c3c(N)ncnc32)cc(Cl)c(C)c1-c1ccc(C(=O)O)nc1.[Na+].[OH-]. The topological polar surface area (TPSA) is 159 Å². The van der Waals surface area contributed by atoms with Crippen LogP contribution in [0.3, 0.4) is 0 Å². The fraction of sp³-hybridized carbons (Fsp3) is 0.227. The van der Waals surface area contributed by atoms with Crippen LogP contribution in [0, 0.1) is 13.8 Å². The molecule has 0 fully saturated rings. The van der Waals surface area contributed by atoms with E-state index in [1.54, 1.807) is 17.9 Å². The van der Waals surface area contributed by atoms with E-state index >= 15 is 0 Å². The number of fused-ring (bicyclic) bond motifs is 1. The number of nitrogens with zero attached hydrogens (tertiary/aromatic N) is 5. The van der Waals surface area contributed by atoms with E-state index in [2.05, 4.69) is 20.1 Å². The minimum atomic E-state index is -1.09. The van der Waals surface area contributed by atoms with Crippen molar-refractivity contribution in [3.63, 3.8) is 0 Å². The molecule has 4 N–H and O–H groups in total. The molecule has 10 nitrogen and oxygen atoms in total. The Balaban J connectivity index is 0.00000204. The normalized spacial score (nSPS) is 11.4. The fourth-order valence-corrected chi connectivity index (χ4v) is 4.07. The number of nitrogen functional groups attached to an aromatic ring is 1. The summed E-state index contributed by atoms with van der Waals surface area (Å²) in [5, 5.41) is 15.0. The van der Waals surface area contributed by atoms with Gasteiger partial charge in [-0.05, 0) is 38.5 Å². The number of methoxy groups -OCH3 is 1. The van der Waals surface area contributed by atoms with E-state index in [9.17, 15) is 4.79 Å². The standard InChI is InChI=1S/C22H21ClN6O3.Na.H2O/c1-10-15(23)7-14(12(3)29-21-18(11(2)28-29)20(24)26-9-27-21)19(32-4)17(10)13-5-6-16(22(30)31)25-8-13;;/h5-9,12H,1-4H3,(H,30,31)(H2,24,26,27);;1H2/q;+1;/p-1. The van der Waals surface area contributed by atoms with Crippen molar-refractivity contribution in [2.45, 2.75) is 26.8 Å². The van der Waals surface area contributed by atoms with Crippen LogP contribution in [0.5, 0.6) is 5.75 Å². The van der Waals surface area contributed by atoms with Crippen molar-refractivity contribution in [3.8, 4) is 16.9 Å². The van der Waals surface area contributed by atoms with Gasteiger partial charge in [0.05, 0.1) is 24.2 Å². The van der Waals surface area contributed by atoms with Gasteiger partial charge in [-0.15, -0.1) is 0 Å². The van der Waals surface area contributed by atoms with Crippen LogP contribution in [0.1, 0.15) is 40.3 Å². The summed E-state index contributed by atoms with van der Waals surface area (Å²) in [7, 11) is 1.58. The molecule has 0 aliphatic carbocycles. The minimum absolute atomic E-state index is 0. The molecule has 3 heterocycles. The Morgan fingerprint density at radius 3 is 2.53 bits per heavy atom. The average Bonchev–Trinajstić information content (AvgIpc) is 3.12. The van der Waals surface area contributed by atoms with Gasteiger partial charge in [-0.2, -0.15) is 5.10 Å². The zero-order valence-corrected chi connectivity index (χ0v) is 22.1. The third kappa shape index (κ3) is 4.59. The Morgan fingerprint density at radius 2 is 1.94 bits per heavy atom. The first kappa shape index (κ1) is 27.5. The van der Waals surface area contributed by atoms with Gasteiger partial charge in [0.15, 0.2) is 5.65 Å². The molecule has 0 radical (unpaired) electrons. The number of aromatic nitrogens is 5. The molecule has 0 saturated carbocycles. The predicted molar refractivity (Wildman–Crippen MR) is 123 cm³/mol. The van der Waals surface area contributed by atoms with E-state index in [1.165, 1.54) is 18.6 Å². The zero-order valence-electron chi connectivity index (χ0n) is 19.4. The second kappa shape index (κ2) is 10.7. The third-order valence-electron chi connectivity index (χ3n) is 5.49. The molecule has 172 valence electrons. The van der Waals surface area contributed by atoms with Crippen LogP contribution in [0.15, 0.2) is 30.7 Å². The Kier molecular flexibility index (Phi) is 8.62. The Morgan fingerprint density at radius 1 is 1.24 bits per heavy atom. The van der Waals surface area contributed by atoms with Crippen LogP contribution in [-0.4, -0.2) is 48.4 Å². The molecule has 12 heteroatoms. The van der Waals surface area contributed by atoms with Gasteiger partial charge in [-0.1, -0.05) is 17.7 Å². The first-order valence-corrected chi connectivity index (χ1v) is 10.1. The van der Waals surface area contributed by atoms with E-state index in [0.29, 0.717) is 33.2 Å². The van der Waals surface area contributed by atoms with E-state index in [4.69, 9.17) is 27.2 Å². The van der Waals surface area contributed by atoms with Crippen molar-refractivity contribution in [2.24, 2.45) is 0 Å². The van der Waals surface area contributed by atoms with Gasteiger partial charge in [0.25, 0.3) is 0 Å². The van der Waals surface area contributed by atoms with Crippen LogP contribution in [0.4, 0.5) is 5.82 Å². The summed E-state index contributed by atoms with van der Waals surface area (Å²) in [6.07, 6.45) is 2.91. The van der Waals surface area contributed by atoms with Crippen molar-refractivity contribution < 1.29 is 49.7 Å². The summed E-state index contributed by atoms with van der Waals surface area (Å²) in [5.74, 6) is -0.138. The molecular formula is C22H22ClN6NaO4. The van der Waals surface area contributed by atoms with Gasteiger partial charge in [0.2, 0.25) is 0 Å². The van der Waals surface area contributed by atoms with Crippen molar-refractivity contribution in [1.82, 2.24) is 24.7 Å². The number of aromatic carboxylic acids is 1. The molecule has 0 spiro atoms. The first-order chi connectivity index (χ1) is 15.2. The van der Waals surface area contributed by atoms with Crippen LogP contribution in [0.2, 0.25) is 5.02 Å². The Hall–Kier alpha value is -2.76. The van der Waals surface area contributed by atoms with Gasteiger partial charge in [0, 0.05) is 27.9 Å². The third-order valence-corrected chi connectivity index (χ3v) is 5.88. The van der Waals surface area contributed by atoms with Gasteiger partial charge in [-0.25, -0.2) is 24.4 Å². The van der Waals surface area contributed by atoms with Crippen molar-refractivity contribution >= 4 is 34.4 Å². The van der Waals surface area contributed by atoms with E-state index < -0.39 is 5.97 Å². The quantitative estimate of drug-likeness (QED) is 0.385. The molecule has 0 bridgehead atoms. The minimum Gasteiger partial charge on any atom is -0.870 e. The number of nitrogens with two attached hydrogens (primary N) is 1. The van der Waals surface area contributed by atoms with Gasteiger partial charge >= 0.3 is 35.5 Å². The monoisotopic (exact) mass is 492 g/mol. The van der Waals surface area contributed by atoms with Crippen molar-refractivity contribution in [3.05, 3.63) is 58.3 Å². The van der Waals surface area contributed by atoms with E-state index in [-0.39, 0.29) is 46.8 Å². The number of halogens is 1. The number of benzene rings is 1. The van der Waals surface area contributed by atoms with Crippen LogP contribution in [-0.2, 0) is 0 Å². The number of carbonyl (C=O) groups is 1. The van der Waals surface area contributed by atoms with E-state index in [1.807, 2.05) is 26.8 Å². The second-order valence-corrected chi connectivity index (χ2v) is 7.79. The summed E-state index contributed by atoms with van der Waals surface area (Å²) < 4.78 is 7.59. The fourth-order valence-electron chi connectivity index (χ4n) is 3.86. The van der Waals surface area contributed by atoms with Crippen LogP contribution < -0.4 is 40.0 Å². The molecule has 1 atom stereocenters. The molecule has 1 aromatic carbocycles. The Bertz CT molecular complexity index is 1360. The summed E-state index contributed by atoms with van der Waals surface area (Å²) in [5.41, 5.74) is 10.3. The largest absolute Gasteiger partial charge is 1.00 e. The van der Waals surface area contributed by atoms with Crippen molar-refractivity contribution in [2.75, 3.05) is 12.8 Å².